The van der Waals surface area contributed by atoms with E-state index in [1.165, 1.54) is 0 Å². The zero-order valence-corrected chi connectivity index (χ0v) is 14.8. The van der Waals surface area contributed by atoms with Crippen LogP contribution in [0.1, 0.15) is 31.5 Å². The second-order valence-electron chi connectivity index (χ2n) is 6.26. The highest BCUT2D eigenvalue weighted by molar-refractivity contribution is 5.78. The molecule has 3 heterocycles. The number of nitrogens with two attached hydrogens (primary N) is 1. The third-order valence-electron chi connectivity index (χ3n) is 4.30. The van der Waals surface area contributed by atoms with Crippen LogP contribution in [0.2, 0.25) is 0 Å². The summed E-state index contributed by atoms with van der Waals surface area (Å²) in [6.45, 7) is 7.40. The maximum Gasteiger partial charge on any atom is 0.300 e. The average molecular weight is 351 g/mol. The molecule has 1 aromatic rings. The standard InChI is InChI=1S/C14H21N5O2.C2H4O2/c1-3-10-9(2)17-13(15)18-12(10)19-5-4-14(8-19)7-16-11(20)6-21-14;1-2(3)4/h3-8H2,1-2H3,(H,16,20)(H2,15,17,18);1H3,(H,3,4). The zero-order valence-electron chi connectivity index (χ0n) is 14.8. The second-order valence-corrected chi connectivity index (χ2v) is 6.26. The Labute approximate surface area is 146 Å². The first-order valence-electron chi connectivity index (χ1n) is 8.24. The van der Waals surface area contributed by atoms with Crippen molar-refractivity contribution >= 4 is 23.6 Å². The smallest absolute Gasteiger partial charge is 0.300 e. The zero-order chi connectivity index (χ0) is 18.6. The molecule has 0 bridgehead atoms. The monoisotopic (exact) mass is 351 g/mol. The Kier molecular flexibility index (Phi) is 5.78. The van der Waals surface area contributed by atoms with Crippen LogP contribution in [0.4, 0.5) is 11.8 Å². The molecule has 0 aromatic carbocycles. The Morgan fingerprint density at radius 3 is 2.72 bits per heavy atom. The summed E-state index contributed by atoms with van der Waals surface area (Å²) in [7, 11) is 0. The molecule has 25 heavy (non-hydrogen) atoms. The van der Waals surface area contributed by atoms with Gasteiger partial charge in [0.15, 0.2) is 0 Å². The molecule has 2 fully saturated rings. The van der Waals surface area contributed by atoms with E-state index in [-0.39, 0.29) is 18.1 Å². The number of hydrogen-bond donors (Lipinski definition) is 3. The number of carbonyl (C=O) groups excluding carboxylic acids is 1. The van der Waals surface area contributed by atoms with Crippen LogP contribution in [0.5, 0.6) is 0 Å². The number of carboxylic acid groups (broad SMARTS) is 1. The Bertz CT molecular complexity index is 650. The molecule has 2 aliphatic heterocycles. The average Bonchev–Trinajstić information content (AvgIpc) is 2.93. The summed E-state index contributed by atoms with van der Waals surface area (Å²) in [5, 5.41) is 10.3. The van der Waals surface area contributed by atoms with Crippen molar-refractivity contribution in [2.45, 2.75) is 39.2 Å². The van der Waals surface area contributed by atoms with Crippen molar-refractivity contribution < 1.29 is 19.4 Å². The Morgan fingerprint density at radius 1 is 1.48 bits per heavy atom. The summed E-state index contributed by atoms with van der Waals surface area (Å²) in [4.78, 5) is 31.1. The maximum absolute atomic E-state index is 11.3. The topological polar surface area (TPSA) is 131 Å². The molecule has 1 atom stereocenters. The Hall–Kier alpha value is -2.42. The molecular weight excluding hydrogens is 326 g/mol. The second kappa shape index (κ2) is 7.64. The number of nitrogen functional groups attached to an aromatic ring is 1. The fraction of sp³-hybridized carbons (Fsp3) is 0.625. The van der Waals surface area contributed by atoms with E-state index in [1.54, 1.807) is 0 Å². The molecule has 1 unspecified atom stereocenters. The number of aliphatic carboxylic acids is 1. The van der Waals surface area contributed by atoms with Crippen LogP contribution < -0.4 is 16.0 Å². The lowest BCUT2D eigenvalue weighted by Gasteiger charge is -2.33. The molecule has 9 nitrogen and oxygen atoms in total. The van der Waals surface area contributed by atoms with Gasteiger partial charge < -0.3 is 25.8 Å². The van der Waals surface area contributed by atoms with Crippen molar-refractivity contribution in [3.05, 3.63) is 11.3 Å². The fourth-order valence-electron chi connectivity index (χ4n) is 3.15. The summed E-state index contributed by atoms with van der Waals surface area (Å²) in [6.07, 6.45) is 1.74. The van der Waals surface area contributed by atoms with Crippen LogP contribution in [-0.4, -0.2) is 58.8 Å². The Balaban J connectivity index is 0.000000511. The van der Waals surface area contributed by atoms with E-state index in [9.17, 15) is 4.79 Å². The van der Waals surface area contributed by atoms with Crippen LogP contribution in [0.25, 0.3) is 0 Å². The van der Waals surface area contributed by atoms with E-state index in [4.69, 9.17) is 20.4 Å². The van der Waals surface area contributed by atoms with Crippen molar-refractivity contribution in [1.29, 1.82) is 0 Å². The number of nitrogens with zero attached hydrogens (tertiary/aromatic N) is 3. The van der Waals surface area contributed by atoms with E-state index in [0.717, 1.165) is 49.9 Å². The summed E-state index contributed by atoms with van der Waals surface area (Å²) in [5.74, 6) is 0.328. The number of anilines is 2. The number of hydrogen-bond acceptors (Lipinski definition) is 7. The predicted octanol–water partition coefficient (Wildman–Crippen LogP) is 0.116. The number of aromatic nitrogens is 2. The number of morpholine rings is 1. The lowest BCUT2D eigenvalue weighted by Crippen LogP contribution is -2.54. The molecule has 1 spiro atoms. The van der Waals surface area contributed by atoms with Gasteiger partial charge in [-0.05, 0) is 19.8 Å². The molecule has 0 saturated carbocycles. The minimum Gasteiger partial charge on any atom is -0.481 e. The minimum atomic E-state index is -0.833. The van der Waals surface area contributed by atoms with E-state index in [1.807, 2.05) is 6.92 Å². The van der Waals surface area contributed by atoms with Crippen LogP contribution in [0.3, 0.4) is 0 Å². The maximum atomic E-state index is 11.3. The van der Waals surface area contributed by atoms with E-state index < -0.39 is 5.97 Å². The molecule has 0 radical (unpaired) electrons. The van der Waals surface area contributed by atoms with Gasteiger partial charge in [-0.2, -0.15) is 4.98 Å². The number of carbonyl (C=O) groups is 2. The van der Waals surface area contributed by atoms with Gasteiger partial charge in [0.2, 0.25) is 11.9 Å². The first kappa shape index (κ1) is 18.9. The number of aryl methyl sites for hydroxylation is 1. The van der Waals surface area contributed by atoms with Crippen molar-refractivity contribution in [3.8, 4) is 0 Å². The SMILES string of the molecule is CC(=O)O.CCc1c(C)nc(N)nc1N1CCC2(CNC(=O)CO2)C1. The van der Waals surface area contributed by atoms with Gasteiger partial charge in [-0.25, -0.2) is 4.98 Å². The molecule has 2 aliphatic rings. The molecule has 1 aromatic heterocycles. The molecular formula is C16H25N5O4. The molecule has 0 aliphatic carbocycles. The Morgan fingerprint density at radius 2 is 2.16 bits per heavy atom. The first-order valence-corrected chi connectivity index (χ1v) is 8.24. The number of ether oxygens (including phenoxy) is 1. The van der Waals surface area contributed by atoms with Crippen LogP contribution in [0, 0.1) is 6.92 Å². The predicted molar refractivity (Wildman–Crippen MR) is 92.4 cm³/mol. The molecule has 4 N–H and O–H groups in total. The van der Waals surface area contributed by atoms with Crippen LogP contribution in [0.15, 0.2) is 0 Å². The lowest BCUT2D eigenvalue weighted by atomic mass is 10.0. The van der Waals surface area contributed by atoms with Gasteiger partial charge in [0.1, 0.15) is 18.0 Å². The highest BCUT2D eigenvalue weighted by atomic mass is 16.5. The largest absolute Gasteiger partial charge is 0.481 e. The first-order chi connectivity index (χ1) is 11.8. The van der Waals surface area contributed by atoms with Gasteiger partial charge >= 0.3 is 0 Å². The van der Waals surface area contributed by atoms with Crippen LogP contribution >= 0.6 is 0 Å². The number of amides is 1. The number of nitrogens with one attached hydrogen (secondary N) is 1. The number of rotatable bonds is 2. The fourth-order valence-corrected chi connectivity index (χ4v) is 3.15. The molecule has 9 heteroatoms. The third-order valence-corrected chi connectivity index (χ3v) is 4.30. The minimum absolute atomic E-state index is 0.0459. The van der Waals surface area contributed by atoms with Crippen molar-refractivity contribution in [2.75, 3.05) is 36.9 Å². The normalized spacial score (nSPS) is 22.4. The van der Waals surface area contributed by atoms with E-state index in [2.05, 4.69) is 27.1 Å². The van der Waals surface area contributed by atoms with E-state index >= 15 is 0 Å². The van der Waals surface area contributed by atoms with Crippen molar-refractivity contribution in [1.82, 2.24) is 15.3 Å². The quantitative estimate of drug-likeness (QED) is 0.684. The van der Waals surface area contributed by atoms with Crippen molar-refractivity contribution in [2.24, 2.45) is 0 Å². The summed E-state index contributed by atoms with van der Waals surface area (Å²) in [6, 6.07) is 0. The van der Waals surface area contributed by atoms with Gasteiger partial charge in [0, 0.05) is 31.3 Å². The molecule has 1 amide bonds. The highest BCUT2D eigenvalue weighted by Crippen LogP contribution is 2.32. The van der Waals surface area contributed by atoms with E-state index in [0.29, 0.717) is 12.5 Å². The third kappa shape index (κ3) is 4.56. The van der Waals surface area contributed by atoms with Gasteiger partial charge in [-0.1, -0.05) is 6.92 Å². The highest BCUT2D eigenvalue weighted by Gasteiger charge is 2.43. The molecule has 2 saturated heterocycles. The van der Waals surface area contributed by atoms with Gasteiger partial charge in [0.05, 0.1) is 6.54 Å². The van der Waals surface area contributed by atoms with Crippen LogP contribution in [-0.2, 0) is 20.7 Å². The summed E-state index contributed by atoms with van der Waals surface area (Å²) >= 11 is 0. The van der Waals surface area contributed by atoms with Gasteiger partial charge in [0.25, 0.3) is 5.97 Å². The number of carboxylic acids is 1. The molecule has 3 rings (SSSR count). The van der Waals surface area contributed by atoms with Crippen molar-refractivity contribution in [3.63, 3.8) is 0 Å². The lowest BCUT2D eigenvalue weighted by molar-refractivity contribution is -0.141. The summed E-state index contributed by atoms with van der Waals surface area (Å²) in [5.41, 5.74) is 7.56. The summed E-state index contributed by atoms with van der Waals surface area (Å²) < 4.78 is 5.80. The van der Waals surface area contributed by atoms with Gasteiger partial charge in [-0.15, -0.1) is 0 Å². The molecule has 138 valence electrons. The van der Waals surface area contributed by atoms with Gasteiger partial charge in [-0.3, -0.25) is 9.59 Å².